The molecule has 8 heteroatoms. The Bertz CT molecular complexity index is 797. The number of aryl methyl sites for hydroxylation is 1. The summed E-state index contributed by atoms with van der Waals surface area (Å²) in [4.78, 5) is 0.955. The quantitative estimate of drug-likeness (QED) is 0.474. The molecular weight excluding hydrogens is 376 g/mol. The van der Waals surface area contributed by atoms with Gasteiger partial charge in [-0.3, -0.25) is 4.72 Å². The minimum Gasteiger partial charge on any atom is -0.411 e. The van der Waals surface area contributed by atoms with Crippen LogP contribution in [0.25, 0.3) is 0 Å². The van der Waals surface area contributed by atoms with Crippen molar-refractivity contribution in [1.82, 2.24) is 0 Å². The first-order chi connectivity index (χ1) is 9.83. The molecule has 0 bridgehead atoms. The van der Waals surface area contributed by atoms with Crippen molar-refractivity contribution in [3.63, 3.8) is 0 Å². The molecule has 0 aliphatic heterocycles. The van der Waals surface area contributed by atoms with Gasteiger partial charge in [-0.1, -0.05) is 17.3 Å². The Balaban J connectivity index is 2.35. The Hall–Kier alpha value is -1.38. The molecule has 2 aromatic rings. The van der Waals surface area contributed by atoms with Crippen LogP contribution in [-0.4, -0.2) is 19.3 Å². The van der Waals surface area contributed by atoms with Crippen molar-refractivity contribution in [2.75, 3.05) is 4.72 Å². The second kappa shape index (κ2) is 6.17. The smallest absolute Gasteiger partial charge is 0.263 e. The van der Waals surface area contributed by atoms with Crippen LogP contribution in [0.4, 0.5) is 5.69 Å². The highest BCUT2D eigenvalue weighted by atomic mass is 79.9. The van der Waals surface area contributed by atoms with Crippen molar-refractivity contribution >= 4 is 48.7 Å². The van der Waals surface area contributed by atoms with E-state index >= 15 is 0 Å². The van der Waals surface area contributed by atoms with Gasteiger partial charge in [-0.2, -0.15) is 0 Å². The molecule has 2 rings (SSSR count). The molecule has 1 aromatic heterocycles. The third-order valence-corrected chi connectivity index (χ3v) is 6.00. The minimum absolute atomic E-state index is 0.248. The number of nitrogens with one attached hydrogen (secondary N) is 1. The Labute approximate surface area is 135 Å². The number of anilines is 1. The third kappa shape index (κ3) is 3.63. The molecule has 1 heterocycles. The van der Waals surface area contributed by atoms with Crippen LogP contribution in [-0.2, 0) is 10.0 Å². The van der Waals surface area contributed by atoms with E-state index < -0.39 is 10.0 Å². The molecule has 0 saturated carbocycles. The van der Waals surface area contributed by atoms with E-state index in [4.69, 9.17) is 5.21 Å². The number of sulfonamides is 1. The largest absolute Gasteiger partial charge is 0.411 e. The summed E-state index contributed by atoms with van der Waals surface area (Å²) in [7, 11) is -3.64. The normalized spacial score (nSPS) is 12.4. The number of hydrogen-bond donors (Lipinski definition) is 2. The Morgan fingerprint density at radius 2 is 2.10 bits per heavy atom. The fourth-order valence-corrected chi connectivity index (χ4v) is 5.24. The molecular formula is C13H13BrN2O3S2. The fourth-order valence-electron chi connectivity index (χ4n) is 1.77. The first-order valence-electron chi connectivity index (χ1n) is 5.91. The molecule has 0 spiro atoms. The summed E-state index contributed by atoms with van der Waals surface area (Å²) < 4.78 is 28.1. The monoisotopic (exact) mass is 388 g/mol. The predicted molar refractivity (Wildman–Crippen MR) is 88.0 cm³/mol. The lowest BCUT2D eigenvalue weighted by Gasteiger charge is -2.09. The minimum atomic E-state index is -3.64. The number of halogens is 1. The molecule has 0 saturated heterocycles. The van der Waals surface area contributed by atoms with Crippen LogP contribution in [0.2, 0.25) is 0 Å². The van der Waals surface area contributed by atoms with Gasteiger partial charge in [-0.25, -0.2) is 8.42 Å². The van der Waals surface area contributed by atoms with Gasteiger partial charge in [0.25, 0.3) is 10.0 Å². The van der Waals surface area contributed by atoms with E-state index in [0.29, 0.717) is 21.8 Å². The lowest BCUT2D eigenvalue weighted by molar-refractivity contribution is 0.319. The fraction of sp³-hybridized carbons (Fsp3) is 0.154. The summed E-state index contributed by atoms with van der Waals surface area (Å²) in [6, 6.07) is 8.26. The summed E-state index contributed by atoms with van der Waals surface area (Å²) in [5, 5.41) is 11.9. The molecule has 0 unspecified atom stereocenters. The topological polar surface area (TPSA) is 78.8 Å². The SMILES string of the molecule is C/C(=N/O)c1cccc(NS(=O)(=O)c2cc(Br)sc2C)c1. The molecule has 1 aromatic carbocycles. The van der Waals surface area contributed by atoms with Crippen LogP contribution in [0, 0.1) is 6.92 Å². The first kappa shape index (κ1) is 16.0. The Morgan fingerprint density at radius 3 is 2.67 bits per heavy atom. The van der Waals surface area contributed by atoms with E-state index in [1.807, 2.05) is 0 Å². The Morgan fingerprint density at radius 1 is 1.38 bits per heavy atom. The van der Waals surface area contributed by atoms with E-state index in [1.165, 1.54) is 11.3 Å². The van der Waals surface area contributed by atoms with E-state index in [0.717, 1.165) is 3.79 Å². The zero-order valence-corrected chi connectivity index (χ0v) is 14.5. The van der Waals surface area contributed by atoms with Gasteiger partial charge in [-0.05, 0) is 48.0 Å². The second-order valence-corrected chi connectivity index (χ2v) is 8.63. The van der Waals surface area contributed by atoms with Crippen LogP contribution in [0.15, 0.2) is 44.2 Å². The average Bonchev–Trinajstić information content (AvgIpc) is 2.77. The van der Waals surface area contributed by atoms with Crippen LogP contribution in [0.1, 0.15) is 17.4 Å². The molecule has 0 aliphatic carbocycles. The van der Waals surface area contributed by atoms with Gasteiger partial charge in [-0.15, -0.1) is 11.3 Å². The molecule has 0 radical (unpaired) electrons. The van der Waals surface area contributed by atoms with Crippen molar-refractivity contribution in [2.24, 2.45) is 5.16 Å². The average molecular weight is 389 g/mol. The molecule has 5 nitrogen and oxygen atoms in total. The maximum absolute atomic E-state index is 12.4. The van der Waals surface area contributed by atoms with E-state index in [-0.39, 0.29) is 4.90 Å². The lowest BCUT2D eigenvalue weighted by Crippen LogP contribution is -2.13. The molecule has 0 fully saturated rings. The molecule has 2 N–H and O–H groups in total. The van der Waals surface area contributed by atoms with Crippen molar-refractivity contribution < 1.29 is 13.6 Å². The van der Waals surface area contributed by atoms with Gasteiger partial charge in [0.1, 0.15) is 4.90 Å². The number of benzene rings is 1. The second-order valence-electron chi connectivity index (χ2n) is 4.34. The van der Waals surface area contributed by atoms with Crippen molar-refractivity contribution in [3.8, 4) is 0 Å². The highest BCUT2D eigenvalue weighted by molar-refractivity contribution is 9.11. The lowest BCUT2D eigenvalue weighted by atomic mass is 10.1. The van der Waals surface area contributed by atoms with Crippen LogP contribution in [0.3, 0.4) is 0 Å². The Kier molecular flexibility index (Phi) is 4.70. The molecule has 0 aliphatic rings. The number of nitrogens with zero attached hydrogens (tertiary/aromatic N) is 1. The van der Waals surface area contributed by atoms with Gasteiger partial charge in [0.05, 0.1) is 9.50 Å². The summed E-state index contributed by atoms with van der Waals surface area (Å²) >= 11 is 4.65. The number of hydrogen-bond acceptors (Lipinski definition) is 5. The maximum Gasteiger partial charge on any atom is 0.263 e. The zero-order valence-electron chi connectivity index (χ0n) is 11.3. The summed E-state index contributed by atoms with van der Waals surface area (Å²) in [5.41, 5.74) is 1.46. The molecule has 112 valence electrons. The number of rotatable bonds is 4. The van der Waals surface area contributed by atoms with E-state index in [2.05, 4.69) is 25.8 Å². The summed E-state index contributed by atoms with van der Waals surface area (Å²) in [5.74, 6) is 0. The number of oxime groups is 1. The summed E-state index contributed by atoms with van der Waals surface area (Å²) in [6.07, 6.45) is 0. The standard InChI is InChI=1S/C13H13BrN2O3S2/c1-8(15-17)10-4-3-5-11(6-10)16-21(18,19)12-7-13(14)20-9(12)2/h3-7,16-17H,1-2H3/b15-8-. The van der Waals surface area contributed by atoms with Gasteiger partial charge in [0, 0.05) is 16.1 Å². The predicted octanol–water partition coefficient (Wildman–Crippen LogP) is 3.82. The van der Waals surface area contributed by atoms with Gasteiger partial charge in [0.2, 0.25) is 0 Å². The van der Waals surface area contributed by atoms with E-state index in [9.17, 15) is 8.42 Å². The maximum atomic E-state index is 12.4. The van der Waals surface area contributed by atoms with Gasteiger partial charge >= 0.3 is 0 Å². The van der Waals surface area contributed by atoms with Crippen LogP contribution in [0.5, 0.6) is 0 Å². The highest BCUT2D eigenvalue weighted by Crippen LogP contribution is 2.30. The van der Waals surface area contributed by atoms with Gasteiger partial charge < -0.3 is 5.21 Å². The summed E-state index contributed by atoms with van der Waals surface area (Å²) in [6.45, 7) is 3.39. The van der Waals surface area contributed by atoms with Gasteiger partial charge in [0.15, 0.2) is 0 Å². The third-order valence-electron chi connectivity index (χ3n) is 2.81. The van der Waals surface area contributed by atoms with Crippen molar-refractivity contribution in [1.29, 1.82) is 0 Å². The van der Waals surface area contributed by atoms with Crippen LogP contribution < -0.4 is 4.72 Å². The van der Waals surface area contributed by atoms with Crippen molar-refractivity contribution in [2.45, 2.75) is 18.7 Å². The first-order valence-corrected chi connectivity index (χ1v) is 9.00. The zero-order chi connectivity index (χ0) is 15.6. The molecule has 0 amide bonds. The molecule has 0 atom stereocenters. The van der Waals surface area contributed by atoms with Crippen molar-refractivity contribution in [3.05, 3.63) is 44.6 Å². The van der Waals surface area contributed by atoms with Crippen LogP contribution >= 0.6 is 27.3 Å². The number of thiophene rings is 1. The van der Waals surface area contributed by atoms with E-state index in [1.54, 1.807) is 44.2 Å². The molecule has 21 heavy (non-hydrogen) atoms. The highest BCUT2D eigenvalue weighted by Gasteiger charge is 2.19.